The Bertz CT molecular complexity index is 827. The smallest absolute Gasteiger partial charge is 0.116 e. The summed E-state index contributed by atoms with van der Waals surface area (Å²) >= 11 is 0. The Morgan fingerprint density at radius 1 is 0.818 bits per heavy atom. The highest BCUT2D eigenvalue weighted by molar-refractivity contribution is 6.88. The first-order valence-electron chi connectivity index (χ1n) is 7.68. The zero-order valence-corrected chi connectivity index (χ0v) is 14.9. The molecule has 0 aliphatic heterocycles. The fourth-order valence-electron chi connectivity index (χ4n) is 2.86. The molecule has 2 aromatic carbocycles. The molecule has 0 aliphatic carbocycles. The van der Waals surface area contributed by atoms with Crippen LogP contribution in [-0.2, 0) is 0 Å². The lowest BCUT2D eigenvalue weighted by Crippen LogP contribution is -2.37. The molecule has 0 fully saturated rings. The van der Waals surface area contributed by atoms with E-state index in [0.717, 1.165) is 16.6 Å². The van der Waals surface area contributed by atoms with Gasteiger partial charge in [0.25, 0.3) is 0 Å². The summed E-state index contributed by atoms with van der Waals surface area (Å²) in [6.45, 7) is 11.3. The normalized spacial score (nSPS) is 11.9. The van der Waals surface area contributed by atoms with Crippen molar-refractivity contribution in [1.29, 1.82) is 0 Å². The molecule has 0 aliphatic rings. The Kier molecular flexibility index (Phi) is 3.61. The van der Waals surface area contributed by atoms with E-state index in [9.17, 15) is 0 Å². The van der Waals surface area contributed by atoms with Crippen molar-refractivity contribution in [2.75, 3.05) is 0 Å². The minimum atomic E-state index is -1.33. The molecule has 1 aromatic heterocycles. The Labute approximate surface area is 133 Å². The molecule has 0 amide bonds. The molecule has 3 heteroatoms. The van der Waals surface area contributed by atoms with E-state index in [-0.39, 0.29) is 0 Å². The van der Waals surface area contributed by atoms with Crippen molar-refractivity contribution in [3.8, 4) is 11.3 Å². The van der Waals surface area contributed by atoms with Crippen molar-refractivity contribution < 1.29 is 0 Å². The summed E-state index contributed by atoms with van der Waals surface area (Å²) < 4.78 is 0. The molecule has 3 rings (SSSR count). The lowest BCUT2D eigenvalue weighted by atomic mass is 10.0. The maximum Gasteiger partial charge on any atom is 0.116 e. The van der Waals surface area contributed by atoms with Crippen LogP contribution in [0.1, 0.15) is 11.1 Å². The number of aryl methyl sites for hydroxylation is 2. The topological polar surface area (TPSA) is 25.8 Å². The number of nitrogens with zero attached hydrogens (tertiary/aromatic N) is 2. The molecule has 0 saturated heterocycles. The molecule has 0 bridgehead atoms. The minimum absolute atomic E-state index is 1.03. The third-order valence-corrected chi connectivity index (χ3v) is 6.04. The molecule has 0 radical (unpaired) electrons. The predicted octanol–water partition coefficient (Wildman–Crippen LogP) is 4.46. The van der Waals surface area contributed by atoms with Gasteiger partial charge in [0.05, 0.1) is 19.3 Å². The third-order valence-electron chi connectivity index (χ3n) is 4.00. The number of benzene rings is 2. The van der Waals surface area contributed by atoms with Gasteiger partial charge in [-0.3, -0.25) is 0 Å². The highest BCUT2D eigenvalue weighted by atomic mass is 28.3. The maximum atomic E-state index is 4.55. The van der Waals surface area contributed by atoms with Crippen LogP contribution in [-0.4, -0.2) is 18.0 Å². The molecule has 112 valence electrons. The van der Waals surface area contributed by atoms with E-state index >= 15 is 0 Å². The number of aromatic nitrogens is 2. The Hall–Kier alpha value is -2.00. The summed E-state index contributed by atoms with van der Waals surface area (Å²) in [6.07, 6.45) is 1.68. The molecule has 0 unspecified atom stereocenters. The van der Waals surface area contributed by atoms with Gasteiger partial charge in [0.2, 0.25) is 0 Å². The van der Waals surface area contributed by atoms with Gasteiger partial charge in [-0.15, -0.1) is 0 Å². The van der Waals surface area contributed by atoms with Crippen LogP contribution < -0.4 is 5.19 Å². The first-order chi connectivity index (χ1) is 10.3. The molecule has 0 atom stereocenters. The second-order valence-electron chi connectivity index (χ2n) is 7.08. The predicted molar refractivity (Wildman–Crippen MR) is 97.4 cm³/mol. The summed E-state index contributed by atoms with van der Waals surface area (Å²) in [4.78, 5) is 9.05. The van der Waals surface area contributed by atoms with Crippen molar-refractivity contribution >= 4 is 24.2 Å². The van der Waals surface area contributed by atoms with E-state index in [1.165, 1.54) is 21.9 Å². The highest BCUT2D eigenvalue weighted by Crippen LogP contribution is 2.26. The first kappa shape index (κ1) is 14.9. The van der Waals surface area contributed by atoms with Gasteiger partial charge in [0.1, 0.15) is 6.33 Å². The average Bonchev–Trinajstić information content (AvgIpc) is 2.44. The first-order valence-corrected chi connectivity index (χ1v) is 11.2. The highest BCUT2D eigenvalue weighted by Gasteiger charge is 2.17. The lowest BCUT2D eigenvalue weighted by molar-refractivity contribution is 1.22. The van der Waals surface area contributed by atoms with E-state index in [1.54, 1.807) is 6.33 Å². The van der Waals surface area contributed by atoms with Gasteiger partial charge in [-0.2, -0.15) is 0 Å². The fraction of sp³-hybridized carbons (Fsp3) is 0.263. The average molecular weight is 306 g/mol. The van der Waals surface area contributed by atoms with E-state index in [2.05, 4.69) is 79.9 Å². The zero-order valence-electron chi connectivity index (χ0n) is 13.9. The second-order valence-corrected chi connectivity index (χ2v) is 12.2. The van der Waals surface area contributed by atoms with Crippen LogP contribution in [0.5, 0.6) is 0 Å². The van der Waals surface area contributed by atoms with E-state index in [0.29, 0.717) is 0 Å². The zero-order chi connectivity index (χ0) is 15.9. The lowest BCUT2D eigenvalue weighted by Gasteiger charge is -2.17. The van der Waals surface area contributed by atoms with Crippen LogP contribution in [0.25, 0.3) is 22.2 Å². The fourth-order valence-corrected chi connectivity index (χ4v) is 4.02. The molecule has 22 heavy (non-hydrogen) atoms. The third kappa shape index (κ3) is 2.81. The van der Waals surface area contributed by atoms with Gasteiger partial charge in [-0.25, -0.2) is 9.97 Å². The van der Waals surface area contributed by atoms with Crippen molar-refractivity contribution in [2.45, 2.75) is 33.5 Å². The largest absolute Gasteiger partial charge is 0.236 e. The second kappa shape index (κ2) is 5.32. The van der Waals surface area contributed by atoms with E-state index in [1.807, 2.05) is 0 Å². The van der Waals surface area contributed by atoms with Crippen molar-refractivity contribution in [3.63, 3.8) is 0 Å². The van der Waals surface area contributed by atoms with Crippen LogP contribution in [0.15, 0.2) is 42.7 Å². The standard InChI is InChI=1S/C19H22N2Si/c1-13-8-14(2)10-15(9-13)19-17-7-6-16(22(3,4)5)11-18(17)20-12-21-19/h6-12H,1-5H3. The van der Waals surface area contributed by atoms with Crippen LogP contribution >= 0.6 is 0 Å². The molecule has 0 N–H and O–H groups in total. The summed E-state index contributed by atoms with van der Waals surface area (Å²) in [5.41, 5.74) is 5.77. The molecule has 3 aromatic rings. The van der Waals surface area contributed by atoms with Gasteiger partial charge >= 0.3 is 0 Å². The monoisotopic (exact) mass is 306 g/mol. The molecule has 2 nitrogen and oxygen atoms in total. The summed E-state index contributed by atoms with van der Waals surface area (Å²) in [5, 5.41) is 2.57. The van der Waals surface area contributed by atoms with Crippen LogP contribution in [0.2, 0.25) is 19.6 Å². The van der Waals surface area contributed by atoms with Gasteiger partial charge in [0, 0.05) is 10.9 Å². The maximum absolute atomic E-state index is 4.55. The van der Waals surface area contributed by atoms with E-state index in [4.69, 9.17) is 0 Å². The minimum Gasteiger partial charge on any atom is -0.236 e. The van der Waals surface area contributed by atoms with Crippen LogP contribution in [0.3, 0.4) is 0 Å². The molecule has 1 heterocycles. The Morgan fingerprint density at radius 2 is 1.50 bits per heavy atom. The number of fused-ring (bicyclic) bond motifs is 1. The van der Waals surface area contributed by atoms with Crippen LogP contribution in [0, 0.1) is 13.8 Å². The molecule has 0 saturated carbocycles. The van der Waals surface area contributed by atoms with Gasteiger partial charge in [0.15, 0.2) is 0 Å². The number of rotatable bonds is 2. The molecular weight excluding hydrogens is 284 g/mol. The summed E-state index contributed by atoms with van der Waals surface area (Å²) in [6, 6.07) is 13.3. The number of hydrogen-bond donors (Lipinski definition) is 0. The van der Waals surface area contributed by atoms with Crippen LogP contribution in [0.4, 0.5) is 0 Å². The molecule has 0 spiro atoms. The summed E-state index contributed by atoms with van der Waals surface area (Å²) in [7, 11) is -1.33. The molecular formula is C19H22N2Si. The SMILES string of the molecule is Cc1cc(C)cc(-c2ncnc3cc([Si](C)(C)C)ccc23)c1. The van der Waals surface area contributed by atoms with Gasteiger partial charge in [-0.05, 0) is 32.0 Å². The van der Waals surface area contributed by atoms with Gasteiger partial charge < -0.3 is 0 Å². The van der Waals surface area contributed by atoms with Crippen molar-refractivity contribution in [3.05, 3.63) is 53.9 Å². The van der Waals surface area contributed by atoms with Gasteiger partial charge in [-0.1, -0.05) is 54.2 Å². The van der Waals surface area contributed by atoms with Crippen molar-refractivity contribution in [2.24, 2.45) is 0 Å². The quantitative estimate of drug-likeness (QED) is 0.653. The number of hydrogen-bond acceptors (Lipinski definition) is 2. The van der Waals surface area contributed by atoms with Crippen molar-refractivity contribution in [1.82, 2.24) is 9.97 Å². The Morgan fingerprint density at radius 3 is 2.14 bits per heavy atom. The Balaban J connectivity index is 2.23. The van der Waals surface area contributed by atoms with E-state index < -0.39 is 8.07 Å². The summed E-state index contributed by atoms with van der Waals surface area (Å²) in [5.74, 6) is 0.